The van der Waals surface area contributed by atoms with Crippen molar-refractivity contribution in [2.75, 3.05) is 0 Å². The molecule has 38 heavy (non-hydrogen) atoms. The molecule has 0 radical (unpaired) electrons. The standard InChI is InChI=1S/C31H27FN4OS/c32-25-14-10-21(11-15-25)19-36-29-18-33-17-16-28(29)35-31(36)38-20-22-8-12-24(13-9-22)30(37)34-27-7-3-5-23-4-1-2-6-26(23)27/h1-2,4,6,8-18,27H,3,5,7,19-20H2,(H,34,37)/t27-/m1/s1. The Bertz CT molecular complexity index is 1580. The second kappa shape index (κ2) is 10.8. The molecule has 5 nitrogen and oxygen atoms in total. The molecule has 1 N–H and O–H groups in total. The van der Waals surface area contributed by atoms with Gasteiger partial charge in [-0.05, 0) is 71.8 Å². The van der Waals surface area contributed by atoms with E-state index >= 15 is 0 Å². The van der Waals surface area contributed by atoms with Gasteiger partial charge >= 0.3 is 0 Å². The minimum Gasteiger partial charge on any atom is -0.345 e. The molecule has 5 aromatic rings. The lowest BCUT2D eigenvalue weighted by Gasteiger charge is -2.26. The minimum absolute atomic E-state index is 0.0421. The minimum atomic E-state index is -0.249. The summed E-state index contributed by atoms with van der Waals surface area (Å²) in [6.45, 7) is 0.578. The van der Waals surface area contributed by atoms with Crippen molar-refractivity contribution in [2.24, 2.45) is 0 Å². The first-order chi connectivity index (χ1) is 18.6. The number of aromatic nitrogens is 3. The fraction of sp³-hybridized carbons (Fsp3) is 0.194. The molecule has 0 spiro atoms. The molecule has 2 heterocycles. The maximum absolute atomic E-state index is 13.4. The summed E-state index contributed by atoms with van der Waals surface area (Å²) in [6, 6.07) is 24.7. The molecule has 1 atom stereocenters. The van der Waals surface area contributed by atoms with Crippen LogP contribution in [0.1, 0.15) is 51.5 Å². The van der Waals surface area contributed by atoms with Crippen molar-refractivity contribution in [3.8, 4) is 0 Å². The van der Waals surface area contributed by atoms with E-state index < -0.39 is 0 Å². The summed E-state index contributed by atoms with van der Waals surface area (Å²) in [5.41, 5.74) is 7.14. The number of hydrogen-bond donors (Lipinski definition) is 1. The average molecular weight is 523 g/mol. The first kappa shape index (κ1) is 24.4. The third-order valence-corrected chi connectivity index (χ3v) is 8.08. The van der Waals surface area contributed by atoms with Crippen molar-refractivity contribution in [2.45, 2.75) is 42.8 Å². The Balaban J connectivity index is 1.15. The van der Waals surface area contributed by atoms with Gasteiger partial charge in [-0.3, -0.25) is 9.78 Å². The van der Waals surface area contributed by atoms with Crippen LogP contribution in [-0.2, 0) is 18.7 Å². The highest BCUT2D eigenvalue weighted by molar-refractivity contribution is 7.98. The topological polar surface area (TPSA) is 59.8 Å². The van der Waals surface area contributed by atoms with Crippen molar-refractivity contribution in [1.82, 2.24) is 19.9 Å². The molecular weight excluding hydrogens is 495 g/mol. The predicted molar refractivity (Wildman–Crippen MR) is 149 cm³/mol. The Kier molecular flexibility index (Phi) is 6.92. The number of fused-ring (bicyclic) bond motifs is 2. The monoisotopic (exact) mass is 522 g/mol. The van der Waals surface area contributed by atoms with E-state index in [-0.39, 0.29) is 17.8 Å². The molecular formula is C31H27FN4OS. The van der Waals surface area contributed by atoms with Crippen molar-refractivity contribution in [1.29, 1.82) is 0 Å². The third-order valence-electron chi connectivity index (χ3n) is 7.03. The van der Waals surface area contributed by atoms with Crippen LogP contribution in [0.3, 0.4) is 0 Å². The van der Waals surface area contributed by atoms with Crippen molar-refractivity contribution in [3.05, 3.63) is 125 Å². The number of amides is 1. The van der Waals surface area contributed by atoms with Gasteiger partial charge in [0.05, 0.1) is 29.8 Å². The Morgan fingerprint density at radius 3 is 2.63 bits per heavy atom. The van der Waals surface area contributed by atoms with Gasteiger partial charge in [-0.1, -0.05) is 60.3 Å². The Labute approximate surface area is 225 Å². The summed E-state index contributed by atoms with van der Waals surface area (Å²) in [5.74, 6) is 0.415. The number of halogens is 1. The van der Waals surface area contributed by atoms with Gasteiger partial charge in [0, 0.05) is 17.5 Å². The highest BCUT2D eigenvalue weighted by Crippen LogP contribution is 2.30. The molecule has 1 aliphatic rings. The summed E-state index contributed by atoms with van der Waals surface area (Å²) in [4.78, 5) is 22.1. The van der Waals surface area contributed by atoms with Crippen molar-refractivity contribution >= 4 is 28.7 Å². The van der Waals surface area contributed by atoms with Crippen LogP contribution in [0.2, 0.25) is 0 Å². The molecule has 1 amide bonds. The van der Waals surface area contributed by atoms with Gasteiger partial charge in [0.2, 0.25) is 0 Å². The second-order valence-electron chi connectivity index (χ2n) is 9.57. The molecule has 0 aliphatic heterocycles. The van der Waals surface area contributed by atoms with Gasteiger partial charge in [0.15, 0.2) is 5.16 Å². The number of hydrogen-bond acceptors (Lipinski definition) is 4. The zero-order valence-corrected chi connectivity index (χ0v) is 21.6. The van der Waals surface area contributed by atoms with Crippen molar-refractivity contribution < 1.29 is 9.18 Å². The predicted octanol–water partition coefficient (Wildman–Crippen LogP) is 6.72. The number of carbonyl (C=O) groups excluding carboxylic acids is 1. The van der Waals surface area contributed by atoms with Gasteiger partial charge in [-0.15, -0.1) is 0 Å². The van der Waals surface area contributed by atoms with E-state index in [0.717, 1.165) is 46.6 Å². The van der Waals surface area contributed by atoms with E-state index in [1.54, 1.807) is 30.1 Å². The molecule has 2 aromatic heterocycles. The van der Waals surface area contributed by atoms with Crippen LogP contribution in [-0.4, -0.2) is 20.4 Å². The summed E-state index contributed by atoms with van der Waals surface area (Å²) in [7, 11) is 0. The zero-order chi connectivity index (χ0) is 25.9. The van der Waals surface area contributed by atoms with Gasteiger partial charge in [0.1, 0.15) is 5.82 Å². The first-order valence-electron chi connectivity index (χ1n) is 12.8. The van der Waals surface area contributed by atoms with E-state index in [1.165, 1.54) is 23.3 Å². The number of thioether (sulfide) groups is 1. The van der Waals surface area contributed by atoms with Crippen LogP contribution >= 0.6 is 11.8 Å². The van der Waals surface area contributed by atoms with Crippen LogP contribution in [0.5, 0.6) is 0 Å². The van der Waals surface area contributed by atoms with Crippen LogP contribution in [0, 0.1) is 5.82 Å². The average Bonchev–Trinajstić information content (AvgIpc) is 3.30. The van der Waals surface area contributed by atoms with Gasteiger partial charge < -0.3 is 9.88 Å². The molecule has 1 aliphatic carbocycles. The summed E-state index contributed by atoms with van der Waals surface area (Å²) in [5, 5.41) is 4.10. The fourth-order valence-corrected chi connectivity index (χ4v) is 6.00. The molecule has 7 heteroatoms. The lowest BCUT2D eigenvalue weighted by molar-refractivity contribution is 0.0932. The lowest BCUT2D eigenvalue weighted by atomic mass is 9.87. The van der Waals surface area contributed by atoms with Gasteiger partial charge in [-0.2, -0.15) is 0 Å². The molecule has 0 saturated carbocycles. The van der Waals surface area contributed by atoms with Crippen LogP contribution in [0.4, 0.5) is 4.39 Å². The van der Waals surface area contributed by atoms with E-state index in [0.29, 0.717) is 17.9 Å². The number of nitrogens with one attached hydrogen (secondary N) is 1. The summed E-state index contributed by atoms with van der Waals surface area (Å²) < 4.78 is 15.5. The third kappa shape index (κ3) is 5.20. The largest absolute Gasteiger partial charge is 0.345 e. The lowest BCUT2D eigenvalue weighted by Crippen LogP contribution is -2.30. The van der Waals surface area contributed by atoms with Crippen molar-refractivity contribution in [3.63, 3.8) is 0 Å². The van der Waals surface area contributed by atoms with Gasteiger partial charge in [-0.25, -0.2) is 9.37 Å². The fourth-order valence-electron chi connectivity index (χ4n) is 5.03. The first-order valence-corrected chi connectivity index (χ1v) is 13.8. The number of aryl methyl sites for hydroxylation is 1. The maximum atomic E-state index is 13.4. The highest BCUT2D eigenvalue weighted by atomic mass is 32.2. The Hall–Kier alpha value is -3.97. The molecule has 190 valence electrons. The number of nitrogens with zero attached hydrogens (tertiary/aromatic N) is 3. The van der Waals surface area contributed by atoms with Gasteiger partial charge in [0.25, 0.3) is 5.91 Å². The zero-order valence-electron chi connectivity index (χ0n) is 20.8. The quantitative estimate of drug-likeness (QED) is 0.241. The van der Waals surface area contributed by atoms with Crippen LogP contribution in [0.15, 0.2) is 96.4 Å². The number of pyridine rings is 1. The van der Waals surface area contributed by atoms with E-state index in [4.69, 9.17) is 4.98 Å². The molecule has 0 bridgehead atoms. The van der Waals surface area contributed by atoms with E-state index in [2.05, 4.69) is 33.1 Å². The number of carbonyl (C=O) groups is 1. The van der Waals surface area contributed by atoms with Crippen LogP contribution in [0.25, 0.3) is 11.0 Å². The molecule has 0 saturated heterocycles. The number of rotatable bonds is 7. The number of imidazole rings is 1. The Morgan fingerprint density at radius 1 is 1.00 bits per heavy atom. The summed E-state index contributed by atoms with van der Waals surface area (Å²) in [6.07, 6.45) is 6.67. The molecule has 0 fully saturated rings. The smallest absolute Gasteiger partial charge is 0.251 e. The van der Waals surface area contributed by atoms with Crippen LogP contribution < -0.4 is 5.32 Å². The van der Waals surface area contributed by atoms with E-state index in [1.807, 2.05) is 42.6 Å². The number of benzene rings is 3. The Morgan fingerprint density at radius 2 is 1.79 bits per heavy atom. The van der Waals surface area contributed by atoms with E-state index in [9.17, 15) is 9.18 Å². The molecule has 0 unspecified atom stereocenters. The molecule has 6 rings (SSSR count). The normalized spacial score (nSPS) is 14.8. The second-order valence-corrected chi connectivity index (χ2v) is 10.5. The highest BCUT2D eigenvalue weighted by Gasteiger charge is 2.22. The summed E-state index contributed by atoms with van der Waals surface area (Å²) >= 11 is 1.63. The molecule has 3 aromatic carbocycles. The SMILES string of the molecule is O=C(N[C@@H]1CCCc2ccccc21)c1ccc(CSc2nc3ccncc3n2Cc2ccc(F)cc2)cc1. The maximum Gasteiger partial charge on any atom is 0.251 e.